The number of rotatable bonds is 2. The number of anilines is 1. The number of hydrogen-bond donors (Lipinski definition) is 1. The van der Waals surface area contributed by atoms with Crippen molar-refractivity contribution in [3.8, 4) is 0 Å². The molecule has 0 aliphatic heterocycles. The Labute approximate surface area is 108 Å². The highest BCUT2D eigenvalue weighted by atomic mass is 16.4. The lowest BCUT2D eigenvalue weighted by Gasteiger charge is -2.32. The van der Waals surface area contributed by atoms with E-state index in [9.17, 15) is 9.90 Å². The van der Waals surface area contributed by atoms with Gasteiger partial charge >= 0.3 is 6.09 Å². The molecular weight excluding hydrogens is 228 g/mol. The van der Waals surface area contributed by atoms with Gasteiger partial charge in [0.25, 0.3) is 0 Å². The van der Waals surface area contributed by atoms with Crippen LogP contribution in [-0.4, -0.2) is 21.7 Å². The third-order valence-corrected chi connectivity index (χ3v) is 3.44. The van der Waals surface area contributed by atoms with Crippen LogP contribution in [0, 0.1) is 0 Å². The summed E-state index contributed by atoms with van der Waals surface area (Å²) in [6.45, 7) is 5.59. The molecule has 0 radical (unpaired) electrons. The minimum atomic E-state index is -0.966. The zero-order chi connectivity index (χ0) is 13.3. The van der Waals surface area contributed by atoms with Gasteiger partial charge in [-0.25, -0.2) is 9.78 Å². The van der Waals surface area contributed by atoms with Crippen LogP contribution in [0.2, 0.25) is 0 Å². The van der Waals surface area contributed by atoms with Gasteiger partial charge in [0.2, 0.25) is 0 Å². The predicted molar refractivity (Wildman–Crippen MR) is 71.1 cm³/mol. The van der Waals surface area contributed by atoms with Crippen LogP contribution in [0.5, 0.6) is 0 Å². The third-order valence-electron chi connectivity index (χ3n) is 3.44. The molecule has 4 heteroatoms. The van der Waals surface area contributed by atoms with Crippen LogP contribution in [0.1, 0.15) is 51.5 Å². The maximum atomic E-state index is 11.3. The maximum absolute atomic E-state index is 11.3. The molecule has 1 fully saturated rings. The molecule has 1 saturated carbocycles. The van der Waals surface area contributed by atoms with Gasteiger partial charge < -0.3 is 5.11 Å². The maximum Gasteiger partial charge on any atom is 0.413 e. The van der Waals surface area contributed by atoms with Gasteiger partial charge in [-0.1, -0.05) is 12.5 Å². The van der Waals surface area contributed by atoms with E-state index < -0.39 is 11.6 Å². The molecule has 4 nitrogen and oxygen atoms in total. The van der Waals surface area contributed by atoms with Crippen LogP contribution in [0.15, 0.2) is 18.3 Å². The van der Waals surface area contributed by atoms with Gasteiger partial charge in [-0.05, 0) is 51.2 Å². The lowest BCUT2D eigenvalue weighted by Crippen LogP contribution is -2.45. The Morgan fingerprint density at radius 2 is 2.06 bits per heavy atom. The molecule has 1 aromatic heterocycles. The van der Waals surface area contributed by atoms with Gasteiger partial charge in [-0.2, -0.15) is 0 Å². The lowest BCUT2D eigenvalue weighted by molar-refractivity contribution is 0.195. The fraction of sp³-hybridized carbons (Fsp3) is 0.571. The first-order valence-corrected chi connectivity index (χ1v) is 6.38. The average molecular weight is 248 g/mol. The average Bonchev–Trinajstić information content (AvgIpc) is 2.15. The summed E-state index contributed by atoms with van der Waals surface area (Å²) in [4.78, 5) is 16.9. The number of amides is 1. The molecule has 0 saturated heterocycles. The van der Waals surface area contributed by atoms with E-state index in [-0.39, 0.29) is 0 Å². The minimum Gasteiger partial charge on any atom is -0.465 e. The topological polar surface area (TPSA) is 53.4 Å². The number of carbonyl (C=O) groups is 1. The molecule has 1 aliphatic carbocycles. The Morgan fingerprint density at radius 3 is 2.39 bits per heavy atom. The van der Waals surface area contributed by atoms with E-state index in [0.717, 1.165) is 0 Å². The van der Waals surface area contributed by atoms with Crippen molar-refractivity contribution >= 4 is 11.9 Å². The van der Waals surface area contributed by atoms with Gasteiger partial charge in [-0.3, -0.25) is 4.90 Å². The van der Waals surface area contributed by atoms with Crippen molar-refractivity contribution in [2.45, 2.75) is 51.5 Å². The van der Waals surface area contributed by atoms with Crippen LogP contribution >= 0.6 is 0 Å². The first kappa shape index (κ1) is 12.9. The fourth-order valence-electron chi connectivity index (χ4n) is 2.24. The molecule has 0 spiro atoms. The van der Waals surface area contributed by atoms with Gasteiger partial charge in [0.1, 0.15) is 5.82 Å². The molecular formula is C14H20N2O2. The smallest absolute Gasteiger partial charge is 0.413 e. The number of aromatic nitrogens is 1. The summed E-state index contributed by atoms with van der Waals surface area (Å²) in [5.41, 5.74) is 0.737. The van der Waals surface area contributed by atoms with Crippen LogP contribution < -0.4 is 4.90 Å². The minimum absolute atomic E-state index is 0.489. The normalized spacial score (nSPS) is 16.2. The van der Waals surface area contributed by atoms with Crippen molar-refractivity contribution in [2.24, 2.45) is 0 Å². The molecule has 1 heterocycles. The first-order valence-electron chi connectivity index (χ1n) is 6.38. The van der Waals surface area contributed by atoms with Crippen LogP contribution in [0.3, 0.4) is 0 Å². The zero-order valence-electron chi connectivity index (χ0n) is 11.2. The van der Waals surface area contributed by atoms with E-state index >= 15 is 0 Å². The molecule has 98 valence electrons. The summed E-state index contributed by atoms with van der Waals surface area (Å²) in [7, 11) is 0. The summed E-state index contributed by atoms with van der Waals surface area (Å²) >= 11 is 0. The second-order valence-electron chi connectivity index (χ2n) is 5.87. The summed E-state index contributed by atoms with van der Waals surface area (Å²) in [6.07, 6.45) is 4.59. The second kappa shape index (κ2) is 4.59. The lowest BCUT2D eigenvalue weighted by atomic mass is 9.81. The van der Waals surface area contributed by atoms with Crippen molar-refractivity contribution in [1.82, 2.24) is 4.98 Å². The van der Waals surface area contributed by atoms with Gasteiger partial charge in [0.15, 0.2) is 0 Å². The van der Waals surface area contributed by atoms with Crippen LogP contribution in [0.25, 0.3) is 0 Å². The molecule has 1 aromatic rings. The third kappa shape index (κ3) is 2.47. The van der Waals surface area contributed by atoms with E-state index in [0.29, 0.717) is 11.7 Å². The van der Waals surface area contributed by atoms with Crippen molar-refractivity contribution in [3.63, 3.8) is 0 Å². The quantitative estimate of drug-likeness (QED) is 0.869. The van der Waals surface area contributed by atoms with Crippen LogP contribution in [0.4, 0.5) is 10.6 Å². The van der Waals surface area contributed by atoms with E-state index in [1.54, 1.807) is 0 Å². The number of hydrogen-bond acceptors (Lipinski definition) is 2. The summed E-state index contributed by atoms with van der Waals surface area (Å²) in [5, 5.41) is 9.28. The summed E-state index contributed by atoms with van der Waals surface area (Å²) in [6, 6.07) is 3.82. The monoisotopic (exact) mass is 248 g/mol. The number of carboxylic acid groups (broad SMARTS) is 1. The Morgan fingerprint density at radius 1 is 1.39 bits per heavy atom. The zero-order valence-corrected chi connectivity index (χ0v) is 11.2. The SMILES string of the molecule is CC(C)(C)N(C(=O)O)c1ccc(C2CCC2)cn1. The molecule has 0 aromatic carbocycles. The molecule has 0 unspecified atom stereocenters. The van der Waals surface area contributed by atoms with Gasteiger partial charge in [0, 0.05) is 11.7 Å². The highest BCUT2D eigenvalue weighted by Crippen LogP contribution is 2.36. The van der Waals surface area contributed by atoms with Crippen molar-refractivity contribution in [1.29, 1.82) is 0 Å². The van der Waals surface area contributed by atoms with E-state index in [1.165, 1.54) is 29.7 Å². The Balaban J connectivity index is 2.23. The first-order chi connectivity index (χ1) is 8.39. The molecule has 18 heavy (non-hydrogen) atoms. The largest absolute Gasteiger partial charge is 0.465 e. The van der Waals surface area contributed by atoms with Crippen molar-refractivity contribution in [3.05, 3.63) is 23.9 Å². The Hall–Kier alpha value is -1.58. The van der Waals surface area contributed by atoms with E-state index in [2.05, 4.69) is 4.98 Å². The van der Waals surface area contributed by atoms with Gasteiger partial charge in [0.05, 0.1) is 0 Å². The molecule has 0 bridgehead atoms. The molecule has 2 rings (SSSR count). The summed E-state index contributed by atoms with van der Waals surface area (Å²) in [5.74, 6) is 1.12. The number of pyridine rings is 1. The molecule has 1 N–H and O–H groups in total. The molecule has 1 aliphatic rings. The van der Waals surface area contributed by atoms with E-state index in [4.69, 9.17) is 0 Å². The standard InChI is InChI=1S/C14H20N2O2/c1-14(2,3)16(13(17)18)12-8-7-11(9-15-12)10-5-4-6-10/h7-10H,4-6H2,1-3H3,(H,17,18). The van der Waals surface area contributed by atoms with Crippen molar-refractivity contribution < 1.29 is 9.90 Å². The Bertz CT molecular complexity index is 430. The molecule has 1 amide bonds. The van der Waals surface area contributed by atoms with Crippen molar-refractivity contribution in [2.75, 3.05) is 4.90 Å². The summed E-state index contributed by atoms with van der Waals surface area (Å²) < 4.78 is 0. The highest BCUT2D eigenvalue weighted by Gasteiger charge is 2.29. The second-order valence-corrected chi connectivity index (χ2v) is 5.87. The predicted octanol–water partition coefficient (Wildman–Crippen LogP) is 3.63. The van der Waals surface area contributed by atoms with E-state index in [1.807, 2.05) is 39.1 Å². The number of nitrogens with zero attached hydrogens (tertiary/aromatic N) is 2. The fourth-order valence-corrected chi connectivity index (χ4v) is 2.24. The Kier molecular flexibility index (Phi) is 3.28. The van der Waals surface area contributed by atoms with Gasteiger partial charge in [-0.15, -0.1) is 0 Å². The molecule has 0 atom stereocenters. The highest BCUT2D eigenvalue weighted by molar-refractivity contribution is 5.86. The van der Waals surface area contributed by atoms with Crippen LogP contribution in [-0.2, 0) is 0 Å².